The molecule has 0 radical (unpaired) electrons. The van der Waals surface area contributed by atoms with Gasteiger partial charge in [0, 0.05) is 26.4 Å². The zero-order chi connectivity index (χ0) is 10.8. The maximum absolute atomic E-state index is 9.78. The van der Waals surface area contributed by atoms with Gasteiger partial charge in [0.25, 0.3) is 0 Å². The van der Waals surface area contributed by atoms with Gasteiger partial charge in [0.05, 0.1) is 5.60 Å². The summed E-state index contributed by atoms with van der Waals surface area (Å²) in [5.41, 5.74) is 4.54. The molecule has 0 fully saturated rings. The summed E-state index contributed by atoms with van der Waals surface area (Å²) in [6.07, 6.45) is 1.24. The Labute approximate surface area is 83.9 Å². The lowest BCUT2D eigenvalue weighted by atomic mass is 10.0. The van der Waals surface area contributed by atoms with E-state index >= 15 is 0 Å². The first-order valence-corrected chi connectivity index (χ1v) is 4.79. The molecule has 1 aromatic rings. The van der Waals surface area contributed by atoms with E-state index in [1.807, 2.05) is 14.0 Å². The molecular weight excluding hydrogens is 180 g/mol. The lowest BCUT2D eigenvalue weighted by Gasteiger charge is -2.19. The first-order valence-electron chi connectivity index (χ1n) is 4.79. The summed E-state index contributed by atoms with van der Waals surface area (Å²) < 4.78 is 1.70. The number of hydrogen-bond donors (Lipinski definition) is 2. The molecule has 0 saturated carbocycles. The number of nitrogens with zero attached hydrogens (tertiary/aromatic N) is 3. The van der Waals surface area contributed by atoms with Crippen molar-refractivity contribution >= 4 is 0 Å². The Morgan fingerprint density at radius 2 is 2.21 bits per heavy atom. The van der Waals surface area contributed by atoms with Crippen LogP contribution in [-0.4, -0.2) is 32.0 Å². The van der Waals surface area contributed by atoms with Crippen LogP contribution in [0.15, 0.2) is 0 Å². The van der Waals surface area contributed by atoms with Crippen LogP contribution < -0.4 is 5.73 Å². The van der Waals surface area contributed by atoms with Crippen molar-refractivity contribution in [1.82, 2.24) is 14.8 Å². The molecule has 5 nitrogen and oxygen atoms in total. The Morgan fingerprint density at radius 1 is 1.57 bits per heavy atom. The smallest absolute Gasteiger partial charge is 0.150 e. The zero-order valence-electron chi connectivity index (χ0n) is 8.99. The van der Waals surface area contributed by atoms with Gasteiger partial charge in [0.15, 0.2) is 5.82 Å². The summed E-state index contributed by atoms with van der Waals surface area (Å²) in [6, 6.07) is 0. The average molecular weight is 198 g/mol. The summed E-state index contributed by atoms with van der Waals surface area (Å²) in [6.45, 7) is 3.93. The van der Waals surface area contributed by atoms with Gasteiger partial charge in [-0.2, -0.15) is 5.10 Å². The minimum absolute atomic E-state index is 0.224. The van der Waals surface area contributed by atoms with Crippen LogP contribution in [0.3, 0.4) is 0 Å². The Bertz CT molecular complexity index is 306. The largest absolute Gasteiger partial charge is 0.388 e. The van der Waals surface area contributed by atoms with E-state index in [0.29, 0.717) is 6.42 Å². The minimum Gasteiger partial charge on any atom is -0.388 e. The quantitative estimate of drug-likeness (QED) is 0.692. The van der Waals surface area contributed by atoms with E-state index in [1.165, 1.54) is 0 Å². The van der Waals surface area contributed by atoms with Crippen molar-refractivity contribution in [3.05, 3.63) is 11.6 Å². The second-order valence-corrected chi connectivity index (χ2v) is 3.80. The van der Waals surface area contributed by atoms with E-state index in [-0.39, 0.29) is 6.54 Å². The van der Waals surface area contributed by atoms with Crippen molar-refractivity contribution in [2.75, 3.05) is 6.54 Å². The second-order valence-electron chi connectivity index (χ2n) is 3.80. The molecule has 0 bridgehead atoms. The number of aliphatic hydroxyl groups is 1. The van der Waals surface area contributed by atoms with Crippen molar-refractivity contribution < 1.29 is 5.11 Å². The number of rotatable bonds is 4. The number of hydrogen-bond acceptors (Lipinski definition) is 4. The molecule has 1 aromatic heterocycles. The Kier molecular flexibility index (Phi) is 3.23. The fourth-order valence-corrected chi connectivity index (χ4v) is 1.19. The topological polar surface area (TPSA) is 77.0 Å². The summed E-state index contributed by atoms with van der Waals surface area (Å²) in [5, 5.41) is 14.0. The maximum Gasteiger partial charge on any atom is 0.150 e. The van der Waals surface area contributed by atoms with Crippen molar-refractivity contribution in [2.24, 2.45) is 12.8 Å². The molecule has 0 saturated heterocycles. The molecule has 0 aliphatic rings. The predicted octanol–water partition coefficient (Wildman–Crippen LogP) is -0.370. The van der Waals surface area contributed by atoms with Gasteiger partial charge in [-0.05, 0) is 6.92 Å². The highest BCUT2D eigenvalue weighted by Gasteiger charge is 2.21. The van der Waals surface area contributed by atoms with Crippen LogP contribution >= 0.6 is 0 Å². The van der Waals surface area contributed by atoms with Gasteiger partial charge in [-0.25, -0.2) is 4.98 Å². The third-order valence-corrected chi connectivity index (χ3v) is 2.19. The fraction of sp³-hybridized carbons (Fsp3) is 0.778. The molecule has 5 heteroatoms. The Morgan fingerprint density at radius 3 is 2.64 bits per heavy atom. The van der Waals surface area contributed by atoms with Crippen LogP contribution in [0.2, 0.25) is 0 Å². The van der Waals surface area contributed by atoms with E-state index < -0.39 is 5.60 Å². The van der Waals surface area contributed by atoms with Gasteiger partial charge < -0.3 is 10.8 Å². The van der Waals surface area contributed by atoms with Crippen LogP contribution in [0, 0.1) is 0 Å². The first kappa shape index (κ1) is 11.1. The molecule has 0 aliphatic carbocycles. The highest BCUT2D eigenvalue weighted by molar-refractivity contribution is 4.97. The van der Waals surface area contributed by atoms with Crippen molar-refractivity contribution in [2.45, 2.75) is 32.3 Å². The predicted molar refractivity (Wildman–Crippen MR) is 53.8 cm³/mol. The van der Waals surface area contributed by atoms with Crippen LogP contribution in [-0.2, 0) is 19.9 Å². The lowest BCUT2D eigenvalue weighted by molar-refractivity contribution is 0.0666. The Hall–Kier alpha value is -0.940. The first-order chi connectivity index (χ1) is 6.48. The second kappa shape index (κ2) is 4.06. The van der Waals surface area contributed by atoms with E-state index in [4.69, 9.17) is 5.73 Å². The zero-order valence-corrected chi connectivity index (χ0v) is 8.99. The molecular formula is C9H18N4O. The van der Waals surface area contributed by atoms with Gasteiger partial charge in [0.2, 0.25) is 0 Å². The summed E-state index contributed by atoms with van der Waals surface area (Å²) in [4.78, 5) is 4.30. The maximum atomic E-state index is 9.78. The molecule has 3 N–H and O–H groups in total. The van der Waals surface area contributed by atoms with Crippen LogP contribution in [0.25, 0.3) is 0 Å². The van der Waals surface area contributed by atoms with E-state index in [0.717, 1.165) is 18.1 Å². The van der Waals surface area contributed by atoms with E-state index in [9.17, 15) is 5.11 Å². The third-order valence-electron chi connectivity index (χ3n) is 2.19. The standard InChI is InChI=1S/C9H18N4O/c1-4-7-11-8(13(3)12-7)5-9(2,14)6-10/h14H,4-6,10H2,1-3H3. The molecule has 0 aliphatic heterocycles. The van der Waals surface area contributed by atoms with Gasteiger partial charge in [0.1, 0.15) is 5.82 Å². The monoisotopic (exact) mass is 198 g/mol. The van der Waals surface area contributed by atoms with Crippen LogP contribution in [0.5, 0.6) is 0 Å². The summed E-state index contributed by atoms with van der Waals surface area (Å²) in [5.74, 6) is 1.58. The normalized spacial score (nSPS) is 15.5. The third kappa shape index (κ3) is 2.52. The number of aromatic nitrogens is 3. The molecule has 1 atom stereocenters. The number of aryl methyl sites for hydroxylation is 2. The van der Waals surface area contributed by atoms with Gasteiger partial charge >= 0.3 is 0 Å². The molecule has 1 rings (SSSR count). The molecule has 0 aromatic carbocycles. The molecule has 1 heterocycles. The fourth-order valence-electron chi connectivity index (χ4n) is 1.19. The highest BCUT2D eigenvalue weighted by atomic mass is 16.3. The average Bonchev–Trinajstić information content (AvgIpc) is 2.47. The van der Waals surface area contributed by atoms with Gasteiger partial charge in [-0.1, -0.05) is 6.92 Å². The number of nitrogens with two attached hydrogens (primary N) is 1. The molecule has 0 amide bonds. The van der Waals surface area contributed by atoms with Crippen molar-refractivity contribution in [3.8, 4) is 0 Å². The van der Waals surface area contributed by atoms with Crippen molar-refractivity contribution in [3.63, 3.8) is 0 Å². The Balaban J connectivity index is 2.81. The van der Waals surface area contributed by atoms with Crippen LogP contribution in [0.1, 0.15) is 25.5 Å². The van der Waals surface area contributed by atoms with Crippen LogP contribution in [0.4, 0.5) is 0 Å². The lowest BCUT2D eigenvalue weighted by Crippen LogP contribution is -2.37. The highest BCUT2D eigenvalue weighted by Crippen LogP contribution is 2.09. The summed E-state index contributed by atoms with van der Waals surface area (Å²) in [7, 11) is 1.83. The minimum atomic E-state index is -0.897. The van der Waals surface area contributed by atoms with Gasteiger partial charge in [-0.15, -0.1) is 0 Å². The van der Waals surface area contributed by atoms with Gasteiger partial charge in [-0.3, -0.25) is 4.68 Å². The molecule has 80 valence electrons. The molecule has 0 spiro atoms. The van der Waals surface area contributed by atoms with Crippen molar-refractivity contribution in [1.29, 1.82) is 0 Å². The van der Waals surface area contributed by atoms with E-state index in [1.54, 1.807) is 11.6 Å². The van der Waals surface area contributed by atoms with E-state index in [2.05, 4.69) is 10.1 Å². The molecule has 14 heavy (non-hydrogen) atoms. The molecule has 1 unspecified atom stereocenters. The summed E-state index contributed by atoms with van der Waals surface area (Å²) >= 11 is 0. The SMILES string of the molecule is CCc1nc(CC(C)(O)CN)n(C)n1.